The average Bonchev–Trinajstić information content (AvgIpc) is 2.80. The fraction of sp³-hybridized carbons (Fsp3) is 0.533. The van der Waals surface area contributed by atoms with Crippen molar-refractivity contribution in [2.75, 3.05) is 6.54 Å². The van der Waals surface area contributed by atoms with Gasteiger partial charge in [0.25, 0.3) is 0 Å². The van der Waals surface area contributed by atoms with E-state index < -0.39 is 0 Å². The van der Waals surface area contributed by atoms with Crippen LogP contribution in [0.4, 0.5) is 0 Å². The minimum Gasteiger partial charge on any atom is -0.404 e. The normalized spacial score (nSPS) is 11.7. The molecule has 0 spiro atoms. The number of pyridine rings is 1. The first kappa shape index (κ1) is 15.4. The van der Waals surface area contributed by atoms with Gasteiger partial charge in [-0.25, -0.2) is 4.98 Å². The third-order valence-corrected chi connectivity index (χ3v) is 2.98. The molecule has 2 aromatic rings. The van der Waals surface area contributed by atoms with Crippen LogP contribution in [0.5, 0.6) is 11.9 Å². The van der Waals surface area contributed by atoms with Crippen LogP contribution in [0.2, 0.25) is 0 Å². The smallest absolute Gasteiger partial charge is 0.342 e. The molecule has 6 nitrogen and oxygen atoms in total. The second-order valence-corrected chi connectivity index (χ2v) is 6.03. The van der Waals surface area contributed by atoms with Gasteiger partial charge in [0.2, 0.25) is 5.88 Å². The van der Waals surface area contributed by atoms with Crippen LogP contribution in [0.3, 0.4) is 0 Å². The molecule has 1 N–H and O–H groups in total. The molecule has 0 amide bonds. The van der Waals surface area contributed by atoms with Crippen molar-refractivity contribution in [1.29, 1.82) is 0 Å². The van der Waals surface area contributed by atoms with Crippen molar-refractivity contribution in [3.8, 4) is 11.9 Å². The molecule has 0 aliphatic heterocycles. The molecular formula is C15H23N5O. The minimum absolute atomic E-state index is 0.0438. The SMILES string of the molecule is CCNCc1cc(Oc2ncn(C)n2)nc(C(C)(C)C)c1. The highest BCUT2D eigenvalue weighted by Gasteiger charge is 2.18. The molecule has 0 bridgehead atoms. The number of ether oxygens (including phenoxy) is 1. The second-order valence-electron chi connectivity index (χ2n) is 6.03. The van der Waals surface area contributed by atoms with E-state index in [4.69, 9.17) is 4.74 Å². The van der Waals surface area contributed by atoms with Gasteiger partial charge in [0.15, 0.2) is 0 Å². The summed E-state index contributed by atoms with van der Waals surface area (Å²) in [6.45, 7) is 10.2. The Hall–Kier alpha value is -1.95. The first-order valence-electron chi connectivity index (χ1n) is 7.14. The van der Waals surface area contributed by atoms with E-state index in [1.54, 1.807) is 18.1 Å². The van der Waals surface area contributed by atoms with Crippen molar-refractivity contribution in [3.05, 3.63) is 29.7 Å². The summed E-state index contributed by atoms with van der Waals surface area (Å²) in [4.78, 5) is 8.65. The number of rotatable bonds is 5. The lowest BCUT2D eigenvalue weighted by atomic mass is 9.91. The summed E-state index contributed by atoms with van der Waals surface area (Å²) in [5.41, 5.74) is 2.09. The summed E-state index contributed by atoms with van der Waals surface area (Å²) in [5.74, 6) is 0.529. The third kappa shape index (κ3) is 4.26. The van der Waals surface area contributed by atoms with E-state index in [0.717, 1.165) is 24.3 Å². The standard InChI is InChI=1S/C15H23N5O/c1-6-16-9-11-7-12(15(2,3)4)18-13(8-11)21-14-17-10-20(5)19-14/h7-8,10,16H,6,9H2,1-5H3. The summed E-state index contributed by atoms with van der Waals surface area (Å²) in [5, 5.41) is 7.44. The number of hydrogen-bond donors (Lipinski definition) is 1. The fourth-order valence-electron chi connectivity index (χ4n) is 1.83. The molecule has 0 fully saturated rings. The molecule has 0 unspecified atom stereocenters. The van der Waals surface area contributed by atoms with Gasteiger partial charge in [-0.3, -0.25) is 4.68 Å². The van der Waals surface area contributed by atoms with Gasteiger partial charge in [-0.15, -0.1) is 5.10 Å². The van der Waals surface area contributed by atoms with Crippen LogP contribution < -0.4 is 10.1 Å². The van der Waals surface area contributed by atoms with Gasteiger partial charge in [-0.1, -0.05) is 27.7 Å². The van der Waals surface area contributed by atoms with E-state index >= 15 is 0 Å². The van der Waals surface area contributed by atoms with Crippen molar-refractivity contribution in [2.45, 2.75) is 39.7 Å². The zero-order valence-corrected chi connectivity index (χ0v) is 13.3. The van der Waals surface area contributed by atoms with E-state index in [1.807, 2.05) is 6.07 Å². The number of nitrogens with one attached hydrogen (secondary N) is 1. The molecule has 2 rings (SSSR count). The van der Waals surface area contributed by atoms with Gasteiger partial charge in [0, 0.05) is 25.1 Å². The molecular weight excluding hydrogens is 266 g/mol. The summed E-state index contributed by atoms with van der Waals surface area (Å²) in [7, 11) is 1.80. The van der Waals surface area contributed by atoms with Crippen molar-refractivity contribution in [3.63, 3.8) is 0 Å². The summed E-state index contributed by atoms with van der Waals surface area (Å²) in [6, 6.07) is 4.35. The molecule has 0 aliphatic carbocycles. The maximum Gasteiger partial charge on any atom is 0.342 e. The first-order chi connectivity index (χ1) is 9.88. The molecule has 0 radical (unpaired) electrons. The molecule has 114 valence electrons. The zero-order valence-electron chi connectivity index (χ0n) is 13.3. The highest BCUT2D eigenvalue weighted by atomic mass is 16.5. The maximum absolute atomic E-state index is 5.67. The highest BCUT2D eigenvalue weighted by Crippen LogP contribution is 2.25. The van der Waals surface area contributed by atoms with Crippen LogP contribution in [0.15, 0.2) is 18.5 Å². The number of aromatic nitrogens is 4. The van der Waals surface area contributed by atoms with Gasteiger partial charge >= 0.3 is 6.01 Å². The Morgan fingerprint density at radius 1 is 1.29 bits per heavy atom. The van der Waals surface area contributed by atoms with Crippen molar-refractivity contribution in [2.24, 2.45) is 7.05 Å². The predicted molar refractivity (Wildman–Crippen MR) is 81.4 cm³/mol. The zero-order chi connectivity index (χ0) is 15.5. The van der Waals surface area contributed by atoms with Crippen molar-refractivity contribution >= 4 is 0 Å². The Balaban J connectivity index is 2.30. The molecule has 0 atom stereocenters. The molecule has 6 heteroatoms. The average molecular weight is 289 g/mol. The van der Waals surface area contributed by atoms with Gasteiger partial charge in [0.1, 0.15) is 6.33 Å². The lowest BCUT2D eigenvalue weighted by Gasteiger charge is -2.19. The quantitative estimate of drug-likeness (QED) is 0.915. The van der Waals surface area contributed by atoms with Gasteiger partial charge < -0.3 is 10.1 Å². The molecule has 0 saturated carbocycles. The monoisotopic (exact) mass is 289 g/mol. The first-order valence-corrected chi connectivity index (χ1v) is 7.14. The molecule has 0 aromatic carbocycles. The van der Waals surface area contributed by atoms with E-state index in [9.17, 15) is 0 Å². The number of aryl methyl sites for hydroxylation is 1. The van der Waals surface area contributed by atoms with E-state index in [-0.39, 0.29) is 5.41 Å². The molecule has 21 heavy (non-hydrogen) atoms. The van der Waals surface area contributed by atoms with Crippen LogP contribution in [0.1, 0.15) is 39.0 Å². The lowest BCUT2D eigenvalue weighted by Crippen LogP contribution is -2.17. The van der Waals surface area contributed by atoms with Crippen LogP contribution in [-0.4, -0.2) is 26.3 Å². The van der Waals surface area contributed by atoms with E-state index in [1.165, 1.54) is 0 Å². The van der Waals surface area contributed by atoms with Crippen molar-refractivity contribution in [1.82, 2.24) is 25.1 Å². The Morgan fingerprint density at radius 2 is 2.05 bits per heavy atom. The second kappa shape index (κ2) is 6.22. The Labute approximate surface area is 125 Å². The topological polar surface area (TPSA) is 64.9 Å². The fourth-order valence-corrected chi connectivity index (χ4v) is 1.83. The van der Waals surface area contributed by atoms with E-state index in [0.29, 0.717) is 11.9 Å². The van der Waals surface area contributed by atoms with E-state index in [2.05, 4.69) is 54.1 Å². The molecule has 0 aliphatic rings. The number of nitrogens with zero attached hydrogens (tertiary/aromatic N) is 4. The Morgan fingerprint density at radius 3 is 2.62 bits per heavy atom. The predicted octanol–water partition coefficient (Wildman–Crippen LogP) is 2.41. The van der Waals surface area contributed by atoms with Gasteiger partial charge in [-0.05, 0) is 18.2 Å². The Kier molecular flexibility index (Phi) is 4.57. The minimum atomic E-state index is -0.0438. The van der Waals surface area contributed by atoms with Crippen molar-refractivity contribution < 1.29 is 4.74 Å². The van der Waals surface area contributed by atoms with Crippen LogP contribution in [0.25, 0.3) is 0 Å². The van der Waals surface area contributed by atoms with Crippen LogP contribution >= 0.6 is 0 Å². The summed E-state index contributed by atoms with van der Waals surface area (Å²) < 4.78 is 7.27. The third-order valence-electron chi connectivity index (χ3n) is 2.98. The summed E-state index contributed by atoms with van der Waals surface area (Å²) >= 11 is 0. The van der Waals surface area contributed by atoms with Gasteiger partial charge in [-0.2, -0.15) is 4.98 Å². The van der Waals surface area contributed by atoms with Crippen LogP contribution in [-0.2, 0) is 19.0 Å². The Bertz CT molecular complexity index is 600. The highest BCUT2D eigenvalue weighted by molar-refractivity contribution is 5.29. The molecule has 2 heterocycles. The number of hydrogen-bond acceptors (Lipinski definition) is 5. The van der Waals surface area contributed by atoms with Gasteiger partial charge in [0.05, 0.1) is 5.69 Å². The molecule has 2 aromatic heterocycles. The van der Waals surface area contributed by atoms with Crippen LogP contribution in [0, 0.1) is 0 Å². The maximum atomic E-state index is 5.67. The molecule has 0 saturated heterocycles. The lowest BCUT2D eigenvalue weighted by molar-refractivity contribution is 0.414. The summed E-state index contributed by atoms with van der Waals surface area (Å²) in [6.07, 6.45) is 1.60. The largest absolute Gasteiger partial charge is 0.404 e.